The summed E-state index contributed by atoms with van der Waals surface area (Å²) in [5, 5.41) is 14.7. The third-order valence-corrected chi connectivity index (χ3v) is 13.1. The fraction of sp³-hybridized carbons (Fsp3) is 0.522. The average molecular weight is 855 g/mol. The predicted octanol–water partition coefficient (Wildman–Crippen LogP) is 6.68. The number of amidine groups is 2. The van der Waals surface area contributed by atoms with E-state index >= 15 is 0 Å². The van der Waals surface area contributed by atoms with E-state index < -0.39 is 29.8 Å². The zero-order valence-corrected chi connectivity index (χ0v) is 37.0. The molecule has 61 heavy (non-hydrogen) atoms. The normalized spacial score (nSPS) is 25.8. The third kappa shape index (κ3) is 9.01. The minimum Gasteiger partial charge on any atom is -0.453 e. The van der Waals surface area contributed by atoms with Crippen LogP contribution in [0.2, 0.25) is 0 Å². The summed E-state index contributed by atoms with van der Waals surface area (Å²) in [5.41, 5.74) is 3.76. The van der Waals surface area contributed by atoms with Gasteiger partial charge in [-0.3, -0.25) is 19.6 Å². The molecular weight excluding hydrogens is 796 g/mol. The van der Waals surface area contributed by atoms with Crippen molar-refractivity contribution in [3.05, 3.63) is 71.8 Å². The van der Waals surface area contributed by atoms with Crippen LogP contribution in [0.1, 0.15) is 90.4 Å². The molecule has 4 aliphatic rings. The van der Waals surface area contributed by atoms with E-state index in [1.54, 1.807) is 0 Å². The van der Waals surface area contributed by atoms with Gasteiger partial charge in [0, 0.05) is 12.1 Å². The molecule has 0 aliphatic carbocycles. The highest BCUT2D eigenvalue weighted by Crippen LogP contribution is 2.36. The summed E-state index contributed by atoms with van der Waals surface area (Å²) in [7, 11) is 2.59. The van der Waals surface area contributed by atoms with E-state index in [9.17, 15) is 19.2 Å². The first kappa shape index (κ1) is 43.7. The molecule has 9 atom stereocenters. The van der Waals surface area contributed by atoms with Gasteiger partial charge in [-0.15, -0.1) is 0 Å². The molecule has 0 aromatic heterocycles. The number of hydrogen-bond donors (Lipinski definition) is 4. The van der Waals surface area contributed by atoms with Gasteiger partial charge in [0.1, 0.15) is 35.3 Å². The zero-order chi connectivity index (χ0) is 43.7. The molecule has 4 N–H and O–H groups in total. The Hall–Kier alpha value is -5.37. The molecule has 0 saturated carbocycles. The first-order valence-electron chi connectivity index (χ1n) is 21.5. The number of carbonyl (C=O) groups is 4. The quantitative estimate of drug-likeness (QED) is 0.123. The Bertz CT molecular complexity index is 2200. The number of alkyl halides is 1. The lowest BCUT2D eigenvalue weighted by Gasteiger charge is -2.34. The summed E-state index contributed by atoms with van der Waals surface area (Å²) in [4.78, 5) is 65.5. The molecule has 7 rings (SSSR count). The molecule has 4 heterocycles. The number of benzene rings is 3. The maximum atomic E-state index is 13.8. The van der Waals surface area contributed by atoms with Crippen LogP contribution < -0.4 is 21.3 Å². The van der Waals surface area contributed by atoms with Crippen molar-refractivity contribution >= 4 is 58.0 Å². The Morgan fingerprint density at radius 2 is 1.20 bits per heavy atom. The molecular formula is C46H59ClN8O6. The maximum absolute atomic E-state index is 13.8. The van der Waals surface area contributed by atoms with E-state index in [2.05, 4.69) is 81.9 Å². The van der Waals surface area contributed by atoms with Crippen LogP contribution in [0.4, 0.5) is 9.59 Å². The SMILES string of the molecule is COC(=O)N[C@H](C(=O)N1[C@@H](C)CC[C@H]1C1=NCC(c2ccc3cc(-c4ccc(C5N=C([C@@H]6CC[C@H](C)N6C(=O)[C@@H](NC(=O)OC)C(C)C)NC5Cl)cc4)ccc3c2)N1)C(C)C. The van der Waals surface area contributed by atoms with Crippen LogP contribution in [0, 0.1) is 11.8 Å². The summed E-state index contributed by atoms with van der Waals surface area (Å²) in [6.07, 6.45) is 1.95. The smallest absolute Gasteiger partial charge is 0.407 e. The number of hydrogen-bond acceptors (Lipinski definition) is 10. The van der Waals surface area contributed by atoms with E-state index in [0.717, 1.165) is 64.5 Å². The molecule has 326 valence electrons. The van der Waals surface area contributed by atoms with Crippen molar-refractivity contribution in [3.63, 3.8) is 0 Å². The van der Waals surface area contributed by atoms with Crippen LogP contribution in [0.25, 0.3) is 21.9 Å². The lowest BCUT2D eigenvalue weighted by molar-refractivity contribution is -0.136. The molecule has 2 saturated heterocycles. The second kappa shape index (κ2) is 18.3. The topological polar surface area (TPSA) is 166 Å². The Morgan fingerprint density at radius 1 is 0.689 bits per heavy atom. The van der Waals surface area contributed by atoms with Crippen LogP contribution in [-0.4, -0.2) is 108 Å². The summed E-state index contributed by atoms with van der Waals surface area (Å²) < 4.78 is 9.60. The largest absolute Gasteiger partial charge is 0.453 e. The number of nitrogens with zero attached hydrogens (tertiary/aromatic N) is 4. The van der Waals surface area contributed by atoms with Crippen LogP contribution in [0.15, 0.2) is 70.6 Å². The highest BCUT2D eigenvalue weighted by atomic mass is 35.5. The van der Waals surface area contributed by atoms with Gasteiger partial charge in [0.05, 0.1) is 38.9 Å². The average Bonchev–Trinajstić information content (AvgIpc) is 4.06. The van der Waals surface area contributed by atoms with Crippen LogP contribution >= 0.6 is 11.6 Å². The standard InChI is InChI=1S/C46H59ClN8O6/c1-24(2)37(51-45(58)60-7)43(56)54-26(5)9-19-35(54)41-48-23-34(49-41)33-18-17-31-21-30(15-16-32(31)22-33)28-11-13-29(14-12-28)39-40(47)53-42(50-39)36-20-10-27(6)55(36)44(57)38(25(3)4)52-46(59)61-8/h11-18,21-22,24-27,34-40H,9-10,19-20,23H2,1-8H3,(H,48,49)(H,50,53)(H,51,58)(H,52,59)/t26-,27-,34?,35-,36-,37-,38-,39?,40?/m0/s1. The number of ether oxygens (including phenoxy) is 2. The third-order valence-electron chi connectivity index (χ3n) is 12.7. The van der Waals surface area contributed by atoms with E-state index in [4.69, 9.17) is 31.1 Å². The Balaban J connectivity index is 1.01. The lowest BCUT2D eigenvalue weighted by atomic mass is 9.97. The van der Waals surface area contributed by atoms with Gasteiger partial charge in [-0.05, 0) is 96.5 Å². The number of nitrogens with one attached hydrogen (secondary N) is 4. The Labute approximate surface area is 363 Å². The van der Waals surface area contributed by atoms with Crippen molar-refractivity contribution in [2.24, 2.45) is 21.8 Å². The first-order chi connectivity index (χ1) is 29.2. The van der Waals surface area contributed by atoms with Crippen LogP contribution in [-0.2, 0) is 19.1 Å². The number of carbonyl (C=O) groups excluding carboxylic acids is 4. The molecule has 3 unspecified atom stereocenters. The molecule has 4 aliphatic heterocycles. The highest BCUT2D eigenvalue weighted by molar-refractivity contribution is 6.23. The van der Waals surface area contributed by atoms with Gasteiger partial charge >= 0.3 is 12.2 Å². The van der Waals surface area contributed by atoms with Gasteiger partial charge < -0.3 is 40.5 Å². The monoisotopic (exact) mass is 854 g/mol. The lowest BCUT2D eigenvalue weighted by Crippen LogP contribution is -2.56. The molecule has 0 radical (unpaired) electrons. The number of alkyl carbamates (subject to hydrolysis) is 2. The number of aliphatic imine (C=N–C) groups is 2. The van der Waals surface area contributed by atoms with Crippen molar-refractivity contribution in [3.8, 4) is 11.1 Å². The van der Waals surface area contributed by atoms with E-state index in [0.29, 0.717) is 12.4 Å². The van der Waals surface area contributed by atoms with Gasteiger partial charge in [-0.1, -0.05) is 87.8 Å². The van der Waals surface area contributed by atoms with Gasteiger partial charge in [-0.25, -0.2) is 9.59 Å². The van der Waals surface area contributed by atoms with Crippen molar-refractivity contribution in [1.82, 2.24) is 31.1 Å². The summed E-state index contributed by atoms with van der Waals surface area (Å²) in [5.74, 6) is 0.977. The highest BCUT2D eigenvalue weighted by Gasteiger charge is 2.45. The molecule has 14 nitrogen and oxygen atoms in total. The molecule has 3 aromatic rings. The van der Waals surface area contributed by atoms with Crippen molar-refractivity contribution in [1.29, 1.82) is 0 Å². The van der Waals surface area contributed by atoms with Gasteiger partial charge in [0.2, 0.25) is 11.8 Å². The second-order valence-corrected chi connectivity index (χ2v) is 17.9. The molecule has 3 aromatic carbocycles. The number of likely N-dealkylation sites (tertiary alicyclic amines) is 2. The number of rotatable bonds is 11. The maximum Gasteiger partial charge on any atom is 0.407 e. The predicted molar refractivity (Wildman–Crippen MR) is 238 cm³/mol. The fourth-order valence-electron chi connectivity index (χ4n) is 9.25. The fourth-order valence-corrected chi connectivity index (χ4v) is 9.56. The summed E-state index contributed by atoms with van der Waals surface area (Å²) in [6.45, 7) is 12.3. The van der Waals surface area contributed by atoms with E-state index in [1.807, 2.05) is 51.3 Å². The number of amides is 4. The van der Waals surface area contributed by atoms with E-state index in [1.165, 1.54) is 14.2 Å². The minimum atomic E-state index is -0.724. The molecule has 15 heteroatoms. The minimum absolute atomic E-state index is 0.0182. The Kier molecular flexibility index (Phi) is 13.1. The molecule has 0 bridgehead atoms. The van der Waals surface area contributed by atoms with Gasteiger partial charge in [0.25, 0.3) is 0 Å². The van der Waals surface area contributed by atoms with Crippen LogP contribution in [0.3, 0.4) is 0 Å². The van der Waals surface area contributed by atoms with Gasteiger partial charge in [0.15, 0.2) is 0 Å². The van der Waals surface area contributed by atoms with Crippen LogP contribution in [0.5, 0.6) is 0 Å². The first-order valence-corrected chi connectivity index (χ1v) is 21.9. The number of methoxy groups -OCH3 is 2. The number of fused-ring (bicyclic) bond motifs is 1. The molecule has 0 spiro atoms. The molecule has 4 amide bonds. The van der Waals surface area contributed by atoms with Gasteiger partial charge in [-0.2, -0.15) is 0 Å². The van der Waals surface area contributed by atoms with E-state index in [-0.39, 0.29) is 59.9 Å². The second-order valence-electron chi connectivity index (χ2n) is 17.5. The number of halogens is 1. The van der Waals surface area contributed by atoms with Crippen molar-refractivity contribution < 1.29 is 28.7 Å². The Morgan fingerprint density at radius 3 is 1.75 bits per heavy atom. The summed E-state index contributed by atoms with van der Waals surface area (Å²) >= 11 is 6.89. The van der Waals surface area contributed by atoms with Crippen molar-refractivity contribution in [2.75, 3.05) is 20.8 Å². The van der Waals surface area contributed by atoms with Crippen molar-refractivity contribution in [2.45, 2.75) is 121 Å². The zero-order valence-electron chi connectivity index (χ0n) is 36.3. The molecule has 2 fully saturated rings. The summed E-state index contributed by atoms with van der Waals surface area (Å²) in [6, 6.07) is 19.0.